The van der Waals surface area contributed by atoms with Crippen LogP contribution in [0.2, 0.25) is 0 Å². The molecule has 0 saturated carbocycles. The summed E-state index contributed by atoms with van der Waals surface area (Å²) in [6.45, 7) is 3.30. The maximum absolute atomic E-state index is 5.61. The molecule has 0 radical (unpaired) electrons. The zero-order valence-corrected chi connectivity index (χ0v) is 15.6. The van der Waals surface area contributed by atoms with Crippen molar-refractivity contribution in [2.24, 2.45) is 0 Å². The highest BCUT2D eigenvalue weighted by molar-refractivity contribution is 5.84. The van der Waals surface area contributed by atoms with Crippen molar-refractivity contribution < 1.29 is 4.74 Å². The van der Waals surface area contributed by atoms with E-state index in [0.29, 0.717) is 5.95 Å². The molecule has 0 amide bonds. The molecule has 1 aliphatic heterocycles. The summed E-state index contributed by atoms with van der Waals surface area (Å²) >= 11 is 0. The van der Waals surface area contributed by atoms with Gasteiger partial charge in [0.2, 0.25) is 5.95 Å². The van der Waals surface area contributed by atoms with Gasteiger partial charge in [-0.3, -0.25) is 9.88 Å². The fraction of sp³-hybridized carbons (Fsp3) is 0.381. The molecule has 6 nitrogen and oxygen atoms in total. The van der Waals surface area contributed by atoms with Gasteiger partial charge in [0.15, 0.2) is 0 Å². The summed E-state index contributed by atoms with van der Waals surface area (Å²) in [6.07, 6.45) is 10.1. The Morgan fingerprint density at radius 2 is 2.04 bits per heavy atom. The molecule has 3 heterocycles. The largest absolute Gasteiger partial charge is 0.376 e. The second kappa shape index (κ2) is 8.41. The monoisotopic (exact) mass is 363 g/mol. The van der Waals surface area contributed by atoms with Gasteiger partial charge in [-0.2, -0.15) is 0 Å². The first-order chi connectivity index (χ1) is 13.3. The molecule has 1 aliphatic rings. The van der Waals surface area contributed by atoms with Gasteiger partial charge in [-0.25, -0.2) is 9.97 Å². The van der Waals surface area contributed by atoms with E-state index in [1.54, 1.807) is 0 Å². The average molecular weight is 363 g/mol. The lowest BCUT2D eigenvalue weighted by Gasteiger charge is -2.18. The Bertz CT molecular complexity index is 872. The number of fused-ring (bicyclic) bond motifs is 1. The molecule has 0 bridgehead atoms. The summed E-state index contributed by atoms with van der Waals surface area (Å²) in [7, 11) is 2.11. The summed E-state index contributed by atoms with van der Waals surface area (Å²) in [6, 6.07) is 8.44. The van der Waals surface area contributed by atoms with Gasteiger partial charge < -0.3 is 10.1 Å². The van der Waals surface area contributed by atoms with Crippen LogP contribution in [0, 0.1) is 0 Å². The maximum atomic E-state index is 5.61. The Kier molecular flexibility index (Phi) is 5.55. The molecule has 6 heteroatoms. The van der Waals surface area contributed by atoms with Crippen LogP contribution >= 0.6 is 0 Å². The van der Waals surface area contributed by atoms with Crippen LogP contribution in [0.3, 0.4) is 0 Å². The van der Waals surface area contributed by atoms with Gasteiger partial charge in [-0.15, -0.1) is 0 Å². The van der Waals surface area contributed by atoms with Crippen molar-refractivity contribution in [1.29, 1.82) is 0 Å². The van der Waals surface area contributed by atoms with Crippen molar-refractivity contribution in [2.75, 3.05) is 25.5 Å². The molecular formula is C21H25N5O. The molecule has 4 rings (SSSR count). The van der Waals surface area contributed by atoms with Crippen LogP contribution in [0.15, 0.2) is 49.1 Å². The van der Waals surface area contributed by atoms with Crippen LogP contribution in [0.5, 0.6) is 0 Å². The lowest BCUT2D eigenvalue weighted by atomic mass is 10.1. The normalized spacial score (nSPS) is 16.9. The SMILES string of the molecule is CN(Cc1cnc(NC[C@H]2CCCO2)nc1)Cc1cccc2cnccc12. The second-order valence-electron chi connectivity index (χ2n) is 7.12. The zero-order valence-electron chi connectivity index (χ0n) is 15.6. The summed E-state index contributed by atoms with van der Waals surface area (Å²) in [4.78, 5) is 15.4. The number of aromatic nitrogens is 3. The highest BCUT2D eigenvalue weighted by Gasteiger charge is 2.15. The number of rotatable bonds is 7. The first kappa shape index (κ1) is 17.8. The van der Waals surface area contributed by atoms with Crippen LogP contribution in [-0.4, -0.2) is 46.2 Å². The summed E-state index contributed by atoms with van der Waals surface area (Å²) in [5.74, 6) is 0.665. The van der Waals surface area contributed by atoms with Crippen molar-refractivity contribution in [2.45, 2.75) is 32.0 Å². The maximum Gasteiger partial charge on any atom is 0.222 e. The van der Waals surface area contributed by atoms with Crippen molar-refractivity contribution in [3.8, 4) is 0 Å². The van der Waals surface area contributed by atoms with Gasteiger partial charge in [0.05, 0.1) is 6.10 Å². The Morgan fingerprint density at radius 3 is 2.85 bits per heavy atom. The third-order valence-electron chi connectivity index (χ3n) is 4.88. The molecule has 140 valence electrons. The first-order valence-electron chi connectivity index (χ1n) is 9.44. The van der Waals surface area contributed by atoms with Crippen LogP contribution in [0.4, 0.5) is 5.95 Å². The first-order valence-corrected chi connectivity index (χ1v) is 9.44. The second-order valence-corrected chi connectivity index (χ2v) is 7.12. The molecule has 1 saturated heterocycles. The Hall–Kier alpha value is -2.57. The molecule has 27 heavy (non-hydrogen) atoms. The fourth-order valence-corrected chi connectivity index (χ4v) is 3.52. The Labute approximate surface area is 159 Å². The predicted molar refractivity (Wildman–Crippen MR) is 106 cm³/mol. The van der Waals surface area contributed by atoms with Gasteiger partial charge in [-0.05, 0) is 36.9 Å². The molecule has 2 aromatic heterocycles. The topological polar surface area (TPSA) is 63.2 Å². The molecule has 1 fully saturated rings. The minimum absolute atomic E-state index is 0.287. The van der Waals surface area contributed by atoms with Crippen molar-refractivity contribution in [3.63, 3.8) is 0 Å². The number of hydrogen-bond donors (Lipinski definition) is 1. The minimum Gasteiger partial charge on any atom is -0.376 e. The molecule has 3 aromatic rings. The van der Waals surface area contributed by atoms with Crippen LogP contribution in [0.1, 0.15) is 24.0 Å². The Balaban J connectivity index is 1.34. The molecular weight excluding hydrogens is 338 g/mol. The van der Waals surface area contributed by atoms with E-state index in [2.05, 4.69) is 56.5 Å². The summed E-state index contributed by atoms with van der Waals surface area (Å²) < 4.78 is 5.61. The summed E-state index contributed by atoms with van der Waals surface area (Å²) in [5, 5.41) is 5.69. The molecule has 0 spiro atoms. The number of benzene rings is 1. The number of hydrogen-bond acceptors (Lipinski definition) is 6. The van der Waals surface area contributed by atoms with Crippen LogP contribution in [-0.2, 0) is 17.8 Å². The zero-order chi connectivity index (χ0) is 18.5. The van der Waals surface area contributed by atoms with E-state index in [1.807, 2.05) is 24.8 Å². The molecule has 1 aromatic carbocycles. The van der Waals surface area contributed by atoms with E-state index in [1.165, 1.54) is 16.3 Å². The smallest absolute Gasteiger partial charge is 0.222 e. The van der Waals surface area contributed by atoms with E-state index in [-0.39, 0.29) is 6.10 Å². The molecule has 1 N–H and O–H groups in total. The predicted octanol–water partition coefficient (Wildman–Crippen LogP) is 3.25. The van der Waals surface area contributed by atoms with E-state index in [4.69, 9.17) is 4.74 Å². The highest BCUT2D eigenvalue weighted by Crippen LogP contribution is 2.19. The molecule has 1 atom stereocenters. The summed E-state index contributed by atoms with van der Waals surface area (Å²) in [5.41, 5.74) is 2.40. The van der Waals surface area contributed by atoms with Gasteiger partial charge in [-0.1, -0.05) is 18.2 Å². The van der Waals surface area contributed by atoms with Crippen LogP contribution in [0.25, 0.3) is 10.8 Å². The minimum atomic E-state index is 0.287. The van der Waals surface area contributed by atoms with Crippen molar-refractivity contribution >= 4 is 16.7 Å². The molecule has 0 unspecified atom stereocenters. The van der Waals surface area contributed by atoms with Crippen molar-refractivity contribution in [3.05, 3.63) is 60.2 Å². The average Bonchev–Trinajstić information content (AvgIpc) is 3.21. The van der Waals surface area contributed by atoms with Gasteiger partial charge >= 0.3 is 0 Å². The van der Waals surface area contributed by atoms with Crippen molar-refractivity contribution in [1.82, 2.24) is 19.9 Å². The fourth-order valence-electron chi connectivity index (χ4n) is 3.52. The lowest BCUT2D eigenvalue weighted by Crippen LogP contribution is -2.20. The number of anilines is 1. The number of pyridine rings is 1. The van der Waals surface area contributed by atoms with Gasteiger partial charge in [0, 0.05) is 62.0 Å². The van der Waals surface area contributed by atoms with Gasteiger partial charge in [0.25, 0.3) is 0 Å². The number of nitrogens with one attached hydrogen (secondary N) is 1. The molecule has 0 aliphatic carbocycles. The number of ether oxygens (including phenoxy) is 1. The lowest BCUT2D eigenvalue weighted by molar-refractivity contribution is 0.120. The highest BCUT2D eigenvalue weighted by atomic mass is 16.5. The van der Waals surface area contributed by atoms with E-state index in [0.717, 1.165) is 44.6 Å². The quantitative estimate of drug-likeness (QED) is 0.695. The third-order valence-corrected chi connectivity index (χ3v) is 4.88. The number of nitrogens with zero attached hydrogens (tertiary/aromatic N) is 4. The van der Waals surface area contributed by atoms with E-state index < -0.39 is 0 Å². The third kappa shape index (κ3) is 4.59. The van der Waals surface area contributed by atoms with Gasteiger partial charge in [0.1, 0.15) is 0 Å². The standard InChI is InChI=1S/C21H25N5O/c1-26(15-18-5-2-4-17-12-22-8-7-20(17)18)14-16-10-23-21(24-11-16)25-13-19-6-3-9-27-19/h2,4-5,7-8,10-12,19H,3,6,9,13-15H2,1H3,(H,23,24,25)/t19-/m1/s1. The van der Waals surface area contributed by atoms with E-state index in [9.17, 15) is 0 Å². The van der Waals surface area contributed by atoms with E-state index >= 15 is 0 Å². The Morgan fingerprint density at radius 1 is 1.15 bits per heavy atom. The van der Waals surface area contributed by atoms with Crippen LogP contribution < -0.4 is 5.32 Å².